The summed E-state index contributed by atoms with van der Waals surface area (Å²) in [6.07, 6.45) is 5.00. The first-order chi connectivity index (χ1) is 26.5. The molecular formula is C43H68ClNO11. The number of hydrogen-bond donors (Lipinski definition) is 2. The minimum atomic E-state index is -2.49. The fourth-order valence-electron chi connectivity index (χ4n) is 9.38. The number of methoxy groups -OCH3 is 3. The third kappa shape index (κ3) is 10.9. The lowest BCUT2D eigenvalue weighted by molar-refractivity contribution is -0.302. The molecule has 3 aliphatic heterocycles. The van der Waals surface area contributed by atoms with Crippen molar-refractivity contribution in [2.75, 3.05) is 27.9 Å². The van der Waals surface area contributed by atoms with Gasteiger partial charge >= 0.3 is 5.97 Å². The average molecular weight is 810 g/mol. The Balaban J connectivity index is 1.77. The average Bonchev–Trinajstić information content (AvgIpc) is 3.17. The molecule has 3 heterocycles. The zero-order valence-electron chi connectivity index (χ0n) is 35.0. The molecule has 13 heteroatoms. The summed E-state index contributed by atoms with van der Waals surface area (Å²) < 4.78 is 30.1. The van der Waals surface area contributed by atoms with Crippen LogP contribution in [-0.4, -0.2) is 120 Å². The summed E-state index contributed by atoms with van der Waals surface area (Å²) in [5.41, 5.74) is 1.72. The molecule has 2 saturated heterocycles. The van der Waals surface area contributed by atoms with Gasteiger partial charge in [-0.15, -0.1) is 11.6 Å². The fraction of sp³-hybridized carbons (Fsp3) is 0.814. The van der Waals surface area contributed by atoms with Crippen LogP contribution in [0, 0.1) is 29.6 Å². The van der Waals surface area contributed by atoms with E-state index >= 15 is 0 Å². The maximum absolute atomic E-state index is 14.3. The van der Waals surface area contributed by atoms with Crippen LogP contribution in [0.15, 0.2) is 23.3 Å². The lowest BCUT2D eigenvalue weighted by Gasteiger charge is -2.47. The van der Waals surface area contributed by atoms with Gasteiger partial charge in [0.2, 0.25) is 5.79 Å². The number of rotatable bonds is 5. The molecule has 0 aromatic rings. The van der Waals surface area contributed by atoms with E-state index in [9.17, 15) is 29.4 Å². The van der Waals surface area contributed by atoms with E-state index in [0.717, 1.165) is 5.57 Å². The van der Waals surface area contributed by atoms with Gasteiger partial charge in [0.15, 0.2) is 0 Å². The van der Waals surface area contributed by atoms with Crippen LogP contribution < -0.4 is 0 Å². The number of allylic oxidation sites excluding steroid dienone is 2. The first-order valence-corrected chi connectivity index (χ1v) is 21.2. The van der Waals surface area contributed by atoms with Gasteiger partial charge in [-0.1, -0.05) is 45.4 Å². The van der Waals surface area contributed by atoms with Crippen LogP contribution in [0.25, 0.3) is 0 Å². The minimum absolute atomic E-state index is 0.0337. The quantitative estimate of drug-likeness (QED) is 0.152. The number of ketones is 2. The van der Waals surface area contributed by atoms with Crippen LogP contribution in [0.5, 0.6) is 0 Å². The molecule has 0 aromatic carbocycles. The van der Waals surface area contributed by atoms with Crippen LogP contribution in [-0.2, 0) is 42.9 Å². The molecule has 56 heavy (non-hydrogen) atoms. The van der Waals surface area contributed by atoms with Crippen LogP contribution in [0.4, 0.5) is 0 Å². The molecule has 1 saturated carbocycles. The predicted octanol–water partition coefficient (Wildman–Crippen LogP) is 5.72. The fourth-order valence-corrected chi connectivity index (χ4v) is 9.71. The third-order valence-electron chi connectivity index (χ3n) is 12.8. The zero-order chi connectivity index (χ0) is 41.5. The lowest BCUT2D eigenvalue weighted by Crippen LogP contribution is -2.64. The Morgan fingerprint density at radius 3 is 2.20 bits per heavy atom. The van der Waals surface area contributed by atoms with Gasteiger partial charge < -0.3 is 38.8 Å². The zero-order valence-corrected chi connectivity index (χ0v) is 35.8. The molecule has 0 radical (unpaired) electrons. The smallest absolute Gasteiger partial charge is 0.329 e. The number of alkyl halides is 1. The van der Waals surface area contributed by atoms with E-state index in [0.29, 0.717) is 56.9 Å². The first kappa shape index (κ1) is 46.5. The number of ether oxygens (including phenoxy) is 5. The van der Waals surface area contributed by atoms with Crippen molar-refractivity contribution in [2.45, 2.75) is 166 Å². The Morgan fingerprint density at radius 1 is 0.893 bits per heavy atom. The number of esters is 1. The van der Waals surface area contributed by atoms with Crippen LogP contribution >= 0.6 is 11.6 Å². The molecule has 4 rings (SSSR count). The molecule has 1 amide bonds. The molecule has 1 aliphatic carbocycles. The molecule has 2 N–H and O–H groups in total. The predicted molar refractivity (Wildman–Crippen MR) is 212 cm³/mol. The van der Waals surface area contributed by atoms with Gasteiger partial charge in [-0.2, -0.15) is 0 Å². The van der Waals surface area contributed by atoms with Crippen molar-refractivity contribution in [1.82, 2.24) is 4.90 Å². The maximum atomic E-state index is 14.3. The van der Waals surface area contributed by atoms with Crippen molar-refractivity contribution in [1.29, 1.82) is 0 Å². The van der Waals surface area contributed by atoms with Gasteiger partial charge in [-0.25, -0.2) is 4.79 Å². The third-order valence-corrected chi connectivity index (χ3v) is 13.3. The van der Waals surface area contributed by atoms with Gasteiger partial charge in [0.05, 0.1) is 29.8 Å². The highest BCUT2D eigenvalue weighted by Gasteiger charge is 2.56. The number of hydrogen-bond acceptors (Lipinski definition) is 11. The molecule has 2 bridgehead atoms. The van der Waals surface area contributed by atoms with E-state index in [2.05, 4.69) is 6.92 Å². The van der Waals surface area contributed by atoms with Gasteiger partial charge in [-0.3, -0.25) is 14.4 Å². The molecule has 14 atom stereocenters. The summed E-state index contributed by atoms with van der Waals surface area (Å²) in [4.78, 5) is 57.6. The number of cyclic esters (lactones) is 1. The first-order valence-electron chi connectivity index (χ1n) is 20.7. The van der Waals surface area contributed by atoms with Crippen LogP contribution in [0.1, 0.15) is 112 Å². The molecule has 0 unspecified atom stereocenters. The van der Waals surface area contributed by atoms with Crippen molar-refractivity contribution in [3.8, 4) is 0 Å². The van der Waals surface area contributed by atoms with Crippen molar-refractivity contribution in [2.24, 2.45) is 29.6 Å². The Morgan fingerprint density at radius 2 is 1.55 bits per heavy atom. The summed E-state index contributed by atoms with van der Waals surface area (Å²) in [5, 5.41) is 23.2. The van der Waals surface area contributed by atoms with E-state index in [4.69, 9.17) is 35.3 Å². The van der Waals surface area contributed by atoms with Gasteiger partial charge in [0.25, 0.3) is 11.7 Å². The van der Waals surface area contributed by atoms with E-state index in [-0.39, 0.29) is 60.8 Å². The number of aliphatic hydroxyl groups is 2. The molecule has 12 nitrogen and oxygen atoms in total. The monoisotopic (exact) mass is 809 g/mol. The highest BCUT2D eigenvalue weighted by atomic mass is 35.5. The second-order valence-electron chi connectivity index (χ2n) is 17.1. The summed E-state index contributed by atoms with van der Waals surface area (Å²) in [5.74, 6) is -7.11. The summed E-state index contributed by atoms with van der Waals surface area (Å²) >= 11 is 6.61. The van der Waals surface area contributed by atoms with E-state index < -0.39 is 71.8 Å². The van der Waals surface area contributed by atoms with E-state index in [1.807, 2.05) is 39.8 Å². The molecule has 4 aliphatic rings. The Kier molecular flexibility index (Phi) is 17.2. The number of carbonyl (C=O) groups excluding carboxylic acids is 4. The van der Waals surface area contributed by atoms with Gasteiger partial charge in [0.1, 0.15) is 24.0 Å². The second kappa shape index (κ2) is 20.7. The van der Waals surface area contributed by atoms with Gasteiger partial charge in [0, 0.05) is 58.0 Å². The SMILES string of the molecule is CC[C@@H]1/C=C(\C)C[C@H](C)C[C@H](OC)[C@H]2O[C@@](O)(C(=O)C(=O)N3CCCC[C@H]3C(=O)O[C@H]([C@@H]3CC[C@H](Cl)[C@H](OC)C3)/C(C)=C/[C@H](C)[C@@H](O)CC1=O)[C@H](C)C[C@@H]2OC. The molecule has 318 valence electrons. The number of Topliss-reactive ketones (excluding diaryl/α,β-unsaturated/α-hetero) is 2. The number of aliphatic hydroxyl groups excluding tert-OH is 1. The number of carbonyl (C=O) groups is 4. The second-order valence-corrected chi connectivity index (χ2v) is 17.7. The lowest BCUT2D eigenvalue weighted by atomic mass is 9.80. The van der Waals surface area contributed by atoms with Crippen LogP contribution in [0.3, 0.4) is 0 Å². The number of nitrogens with zero attached hydrogens (tertiary/aromatic N) is 1. The van der Waals surface area contributed by atoms with Crippen molar-refractivity contribution < 1.29 is 53.1 Å². The normalized spacial score (nSPS) is 42.5. The number of fused-ring (bicyclic) bond motifs is 3. The topological polar surface area (TPSA) is 158 Å². The Labute approximate surface area is 339 Å². The molecular weight excluding hydrogens is 742 g/mol. The summed E-state index contributed by atoms with van der Waals surface area (Å²) in [6.45, 7) is 11.5. The van der Waals surface area contributed by atoms with Crippen LogP contribution in [0.2, 0.25) is 0 Å². The van der Waals surface area contributed by atoms with Crippen molar-refractivity contribution >= 4 is 35.0 Å². The number of halogens is 1. The Bertz CT molecular complexity index is 1440. The van der Waals surface area contributed by atoms with Gasteiger partial charge in [-0.05, 0) is 89.5 Å². The number of piperidine rings is 1. The van der Waals surface area contributed by atoms with E-state index in [1.54, 1.807) is 14.0 Å². The minimum Gasteiger partial charge on any atom is -0.456 e. The molecule has 0 aromatic heterocycles. The highest BCUT2D eigenvalue weighted by molar-refractivity contribution is 6.39. The largest absolute Gasteiger partial charge is 0.456 e. The van der Waals surface area contributed by atoms with E-state index in [1.165, 1.54) is 19.1 Å². The standard InChI is InChI=1S/C43H68ClNO11/c1-10-29-18-24(2)17-25(3)19-36(53-8)39-37(54-9)21-28(6)43(51,56-39)40(48)41(49)45-16-12-11-13-32(45)42(50)55-38(30-14-15-31(44)35(22-30)52-7)27(5)20-26(4)33(46)23-34(29)47/h18,20,25-26,28-33,35-39,46,51H,10-17,19,21-23H2,1-9H3/b24-18+,27-20+/t25-,26-,28+,29+,30+,31-,32-,33-,35+,36-,37-,38-,39+,43+/m0/s1. The Hall–Kier alpha value is -2.19. The molecule has 0 spiro atoms. The van der Waals surface area contributed by atoms with Crippen molar-refractivity contribution in [3.05, 3.63) is 23.3 Å². The number of amides is 1. The summed E-state index contributed by atoms with van der Waals surface area (Å²) in [6, 6.07) is -1.07. The summed E-state index contributed by atoms with van der Waals surface area (Å²) in [7, 11) is 4.68. The maximum Gasteiger partial charge on any atom is 0.329 e. The molecule has 3 fully saturated rings. The van der Waals surface area contributed by atoms with Crippen molar-refractivity contribution in [3.63, 3.8) is 0 Å². The highest BCUT2D eigenvalue weighted by Crippen LogP contribution is 2.40.